The van der Waals surface area contributed by atoms with Gasteiger partial charge < -0.3 is 29.7 Å². The predicted molar refractivity (Wildman–Crippen MR) is 114 cm³/mol. The third-order valence-corrected chi connectivity index (χ3v) is 5.94. The third-order valence-electron chi connectivity index (χ3n) is 5.66. The Kier molecular flexibility index (Phi) is 5.17. The lowest BCUT2D eigenvalue weighted by atomic mass is 10.1. The number of aliphatic hydroxyl groups excluding tert-OH is 2. The zero-order valence-corrected chi connectivity index (χ0v) is 17.6. The first-order chi connectivity index (χ1) is 14.9. The number of aromatic nitrogens is 4. The van der Waals surface area contributed by atoms with E-state index in [4.69, 9.17) is 16.3 Å². The average Bonchev–Trinajstić information content (AvgIpc) is 3.11. The number of benzene rings is 1. The van der Waals surface area contributed by atoms with E-state index in [2.05, 4.69) is 20.3 Å². The van der Waals surface area contributed by atoms with Crippen LogP contribution >= 0.6 is 11.6 Å². The lowest BCUT2D eigenvalue weighted by Crippen LogP contribution is -2.42. The van der Waals surface area contributed by atoms with Gasteiger partial charge >= 0.3 is 0 Å². The highest BCUT2D eigenvalue weighted by Gasteiger charge is 2.27. The summed E-state index contributed by atoms with van der Waals surface area (Å²) >= 11 is 6.35. The summed E-state index contributed by atoms with van der Waals surface area (Å²) in [5, 5.41) is 23.6. The van der Waals surface area contributed by atoms with Crippen molar-refractivity contribution in [2.45, 2.75) is 31.2 Å². The van der Waals surface area contributed by atoms with Crippen LogP contribution in [0, 0.1) is 5.82 Å². The molecule has 1 saturated heterocycles. The van der Waals surface area contributed by atoms with Crippen molar-refractivity contribution in [3.63, 3.8) is 0 Å². The monoisotopic (exact) mass is 448 g/mol. The van der Waals surface area contributed by atoms with Crippen molar-refractivity contribution in [3.05, 3.63) is 29.2 Å². The number of ether oxygens (including phenoxy) is 1. The van der Waals surface area contributed by atoms with Crippen molar-refractivity contribution in [2.75, 3.05) is 37.0 Å². The van der Waals surface area contributed by atoms with E-state index in [1.54, 1.807) is 15.5 Å². The second kappa shape index (κ2) is 7.86. The molecule has 4 heterocycles. The van der Waals surface area contributed by atoms with Crippen molar-refractivity contribution in [2.24, 2.45) is 0 Å². The quantitative estimate of drug-likeness (QED) is 0.555. The fraction of sp³-hybridized carbons (Fsp3) is 0.450. The Morgan fingerprint density at radius 3 is 2.90 bits per heavy atom. The summed E-state index contributed by atoms with van der Waals surface area (Å²) in [5.41, 5.74) is 1.62. The van der Waals surface area contributed by atoms with E-state index in [0.29, 0.717) is 48.8 Å². The zero-order chi connectivity index (χ0) is 21.7. The van der Waals surface area contributed by atoms with Crippen LogP contribution in [-0.2, 0) is 11.3 Å². The molecule has 1 fully saturated rings. The topological polar surface area (TPSA) is 109 Å². The number of nitrogens with one attached hydrogen (secondary N) is 1. The van der Waals surface area contributed by atoms with E-state index in [1.165, 1.54) is 12.3 Å². The van der Waals surface area contributed by atoms with E-state index in [0.717, 1.165) is 0 Å². The number of hydrogen-bond donors (Lipinski definition) is 3. The highest BCUT2D eigenvalue weighted by Crippen LogP contribution is 2.34. The van der Waals surface area contributed by atoms with E-state index >= 15 is 0 Å². The van der Waals surface area contributed by atoms with Gasteiger partial charge in [0.15, 0.2) is 5.82 Å². The molecule has 31 heavy (non-hydrogen) atoms. The van der Waals surface area contributed by atoms with Gasteiger partial charge in [0.2, 0.25) is 11.9 Å². The Morgan fingerprint density at radius 2 is 2.10 bits per heavy atom. The largest absolute Gasteiger partial charge is 0.389 e. The third kappa shape index (κ3) is 3.69. The molecule has 2 aromatic heterocycles. The Morgan fingerprint density at radius 1 is 1.26 bits per heavy atom. The summed E-state index contributed by atoms with van der Waals surface area (Å²) < 4.78 is 22.0. The van der Waals surface area contributed by atoms with Gasteiger partial charge in [0, 0.05) is 25.8 Å². The minimum atomic E-state index is -0.674. The van der Waals surface area contributed by atoms with Crippen molar-refractivity contribution in [1.82, 2.24) is 19.5 Å². The predicted octanol–water partition coefficient (Wildman–Crippen LogP) is 1.66. The van der Waals surface area contributed by atoms with Gasteiger partial charge in [-0.2, -0.15) is 0 Å². The molecule has 9 nitrogen and oxygen atoms in total. The van der Waals surface area contributed by atoms with Crippen LogP contribution < -0.4 is 10.2 Å². The van der Waals surface area contributed by atoms with E-state index in [9.17, 15) is 14.6 Å². The van der Waals surface area contributed by atoms with E-state index in [-0.39, 0.29) is 29.1 Å². The number of likely N-dealkylation sites (N-methyl/N-ethyl adjacent to an activating group) is 1. The standard InChI is InChI=1S/C20H22ClFN6O3/c1-27-7-11(29)8-28-15-5-10(4-13(22)18(15)26-20(27)28)17-12(21)6-23-19(25-17)24-14-2-3-31-9-16(14)30/h4-6,11,14,16,29-30H,2-3,7-9H2,1H3,(H,23,24,25)/t11?,14-,16-/m1/s1. The zero-order valence-electron chi connectivity index (χ0n) is 16.8. The SMILES string of the molecule is CN1CC(O)Cn2c1nc1c(F)cc(-c3nc(N[C@@H]4CCOC[C@H]4O)ncc3Cl)cc12. The van der Waals surface area contributed by atoms with Crippen LogP contribution in [0.15, 0.2) is 18.3 Å². The minimum absolute atomic E-state index is 0.230. The molecule has 5 rings (SSSR count). The molecule has 11 heteroatoms. The molecule has 2 aliphatic heterocycles. The molecule has 0 spiro atoms. The lowest BCUT2D eigenvalue weighted by Gasteiger charge is -2.29. The van der Waals surface area contributed by atoms with Crippen molar-refractivity contribution in [1.29, 1.82) is 0 Å². The van der Waals surface area contributed by atoms with E-state index in [1.807, 2.05) is 7.05 Å². The number of nitrogens with zero attached hydrogens (tertiary/aromatic N) is 5. The van der Waals surface area contributed by atoms with Crippen LogP contribution in [-0.4, -0.2) is 74.8 Å². The van der Waals surface area contributed by atoms with Gasteiger partial charge in [-0.25, -0.2) is 19.3 Å². The number of hydrogen-bond acceptors (Lipinski definition) is 8. The highest BCUT2D eigenvalue weighted by molar-refractivity contribution is 6.33. The minimum Gasteiger partial charge on any atom is -0.389 e. The fourth-order valence-corrected chi connectivity index (χ4v) is 4.34. The van der Waals surface area contributed by atoms with Crippen molar-refractivity contribution >= 4 is 34.5 Å². The van der Waals surface area contributed by atoms with Gasteiger partial charge in [0.1, 0.15) is 5.52 Å². The fourth-order valence-electron chi connectivity index (χ4n) is 4.14. The Labute approximate surface area is 182 Å². The number of fused-ring (bicyclic) bond motifs is 3. The maximum Gasteiger partial charge on any atom is 0.223 e. The molecular formula is C20H22ClFN6O3. The van der Waals surface area contributed by atoms with Crippen LogP contribution in [0.25, 0.3) is 22.3 Å². The summed E-state index contributed by atoms with van der Waals surface area (Å²) in [6, 6.07) is 2.86. The van der Waals surface area contributed by atoms with Gasteiger partial charge in [0.05, 0.1) is 53.8 Å². The molecule has 1 unspecified atom stereocenters. The van der Waals surface area contributed by atoms with Crippen LogP contribution in [0.4, 0.5) is 16.3 Å². The molecule has 3 atom stereocenters. The van der Waals surface area contributed by atoms with Gasteiger partial charge in [-0.1, -0.05) is 11.6 Å². The maximum atomic E-state index is 15.0. The van der Waals surface area contributed by atoms with Gasteiger partial charge in [-0.3, -0.25) is 0 Å². The summed E-state index contributed by atoms with van der Waals surface area (Å²) in [6.07, 6.45) is 0.808. The first-order valence-corrected chi connectivity index (χ1v) is 10.4. The van der Waals surface area contributed by atoms with Crippen molar-refractivity contribution in [3.8, 4) is 11.3 Å². The second-order valence-corrected chi connectivity index (χ2v) is 8.36. The molecule has 0 aliphatic carbocycles. The first-order valence-electron chi connectivity index (χ1n) is 10.0. The highest BCUT2D eigenvalue weighted by atomic mass is 35.5. The summed E-state index contributed by atoms with van der Waals surface area (Å²) in [4.78, 5) is 14.9. The maximum absolute atomic E-state index is 15.0. The second-order valence-electron chi connectivity index (χ2n) is 7.95. The first kappa shape index (κ1) is 20.4. The molecule has 0 saturated carbocycles. The number of rotatable bonds is 3. The molecule has 0 radical (unpaired) electrons. The van der Waals surface area contributed by atoms with Gasteiger partial charge in [0.25, 0.3) is 0 Å². The molecule has 0 bridgehead atoms. The number of anilines is 2. The summed E-state index contributed by atoms with van der Waals surface area (Å²) in [5.74, 6) is 0.388. The Hall–Kier alpha value is -2.53. The van der Waals surface area contributed by atoms with E-state index < -0.39 is 18.0 Å². The number of aliphatic hydroxyl groups is 2. The number of β-amino-alcohol motifs (C(OH)–C–C–N with tert-alkyl or cyclic N) is 1. The van der Waals surface area contributed by atoms with Crippen LogP contribution in [0.2, 0.25) is 5.02 Å². The van der Waals surface area contributed by atoms with Crippen LogP contribution in [0.3, 0.4) is 0 Å². The molecule has 3 N–H and O–H groups in total. The van der Waals surface area contributed by atoms with Gasteiger partial charge in [-0.05, 0) is 18.6 Å². The molecule has 0 amide bonds. The average molecular weight is 449 g/mol. The van der Waals surface area contributed by atoms with Crippen molar-refractivity contribution < 1.29 is 19.3 Å². The Balaban J connectivity index is 1.55. The molecule has 2 aliphatic rings. The number of imidazole rings is 1. The van der Waals surface area contributed by atoms with Crippen LogP contribution in [0.1, 0.15) is 6.42 Å². The summed E-state index contributed by atoms with van der Waals surface area (Å²) in [7, 11) is 1.81. The lowest BCUT2D eigenvalue weighted by molar-refractivity contribution is -0.0136. The molecule has 3 aromatic rings. The smallest absolute Gasteiger partial charge is 0.223 e. The summed E-state index contributed by atoms with van der Waals surface area (Å²) in [6.45, 7) is 1.53. The number of halogens is 2. The van der Waals surface area contributed by atoms with Crippen LogP contribution in [0.5, 0.6) is 0 Å². The molecular weight excluding hydrogens is 427 g/mol. The Bertz CT molecular complexity index is 1140. The normalized spacial score (nSPS) is 23.8. The van der Waals surface area contributed by atoms with Gasteiger partial charge in [-0.15, -0.1) is 0 Å². The molecule has 1 aromatic carbocycles. The molecule has 164 valence electrons.